The van der Waals surface area contributed by atoms with Crippen molar-refractivity contribution < 1.29 is 0 Å². The van der Waals surface area contributed by atoms with E-state index in [4.69, 9.17) is 12.2 Å². The SMILES string of the molecule is CCCCNC(=S)NCc1cnn(C)c1. The first-order chi connectivity index (χ1) is 7.22. The van der Waals surface area contributed by atoms with E-state index >= 15 is 0 Å². The standard InChI is InChI=1S/C10H18N4S/c1-3-4-5-11-10(15)12-6-9-7-13-14(2)8-9/h7-8H,3-6H2,1-2H3,(H2,11,12,15). The van der Waals surface area contributed by atoms with Crippen LogP contribution in [0.2, 0.25) is 0 Å². The summed E-state index contributed by atoms with van der Waals surface area (Å²) in [6, 6.07) is 0. The van der Waals surface area contributed by atoms with Crippen LogP contribution in [0, 0.1) is 0 Å². The van der Waals surface area contributed by atoms with Crippen LogP contribution in [0.3, 0.4) is 0 Å². The lowest BCUT2D eigenvalue weighted by atomic mass is 10.3. The molecular weight excluding hydrogens is 208 g/mol. The Morgan fingerprint density at radius 1 is 1.53 bits per heavy atom. The van der Waals surface area contributed by atoms with Gasteiger partial charge in [0, 0.05) is 31.9 Å². The van der Waals surface area contributed by atoms with Gasteiger partial charge in [-0.2, -0.15) is 5.10 Å². The number of nitrogens with zero attached hydrogens (tertiary/aromatic N) is 2. The topological polar surface area (TPSA) is 41.9 Å². The largest absolute Gasteiger partial charge is 0.363 e. The second-order valence-corrected chi connectivity index (χ2v) is 3.89. The lowest BCUT2D eigenvalue weighted by Gasteiger charge is -2.08. The molecule has 0 aliphatic heterocycles. The second kappa shape index (κ2) is 6.40. The van der Waals surface area contributed by atoms with Crippen molar-refractivity contribution in [2.24, 2.45) is 7.05 Å². The Morgan fingerprint density at radius 2 is 2.33 bits per heavy atom. The highest BCUT2D eigenvalue weighted by molar-refractivity contribution is 7.80. The number of unbranched alkanes of at least 4 members (excludes halogenated alkanes) is 1. The fourth-order valence-electron chi connectivity index (χ4n) is 1.19. The van der Waals surface area contributed by atoms with Crippen LogP contribution in [-0.4, -0.2) is 21.4 Å². The summed E-state index contributed by atoms with van der Waals surface area (Å²) in [5.74, 6) is 0. The summed E-state index contributed by atoms with van der Waals surface area (Å²) >= 11 is 5.12. The lowest BCUT2D eigenvalue weighted by Crippen LogP contribution is -2.35. The van der Waals surface area contributed by atoms with E-state index in [1.807, 2.05) is 19.4 Å². The molecule has 0 aliphatic carbocycles. The molecule has 5 heteroatoms. The third-order valence-electron chi connectivity index (χ3n) is 2.03. The summed E-state index contributed by atoms with van der Waals surface area (Å²) in [6.07, 6.45) is 6.14. The van der Waals surface area contributed by atoms with E-state index in [2.05, 4.69) is 22.7 Å². The van der Waals surface area contributed by atoms with Gasteiger partial charge < -0.3 is 10.6 Å². The first kappa shape index (κ1) is 12.0. The average molecular weight is 226 g/mol. The third-order valence-corrected chi connectivity index (χ3v) is 2.32. The molecule has 0 amide bonds. The van der Waals surface area contributed by atoms with Crippen LogP contribution in [0.4, 0.5) is 0 Å². The minimum Gasteiger partial charge on any atom is -0.363 e. The zero-order chi connectivity index (χ0) is 11.1. The second-order valence-electron chi connectivity index (χ2n) is 3.49. The maximum absolute atomic E-state index is 5.12. The summed E-state index contributed by atoms with van der Waals surface area (Å²) in [7, 11) is 1.90. The van der Waals surface area contributed by atoms with Gasteiger partial charge in [0.25, 0.3) is 0 Å². The van der Waals surface area contributed by atoms with Gasteiger partial charge in [0.2, 0.25) is 0 Å². The first-order valence-electron chi connectivity index (χ1n) is 5.21. The van der Waals surface area contributed by atoms with Crippen molar-refractivity contribution in [3.05, 3.63) is 18.0 Å². The summed E-state index contributed by atoms with van der Waals surface area (Å²) in [4.78, 5) is 0. The highest BCUT2D eigenvalue weighted by Crippen LogP contribution is 1.94. The summed E-state index contributed by atoms with van der Waals surface area (Å²) in [5.41, 5.74) is 1.14. The molecule has 1 rings (SSSR count). The fourth-order valence-corrected chi connectivity index (χ4v) is 1.36. The van der Waals surface area contributed by atoms with Crippen LogP contribution in [0.1, 0.15) is 25.3 Å². The summed E-state index contributed by atoms with van der Waals surface area (Å²) < 4.78 is 1.78. The van der Waals surface area contributed by atoms with Crippen molar-refractivity contribution in [1.29, 1.82) is 0 Å². The molecule has 0 bridgehead atoms. The van der Waals surface area contributed by atoms with Crippen LogP contribution in [-0.2, 0) is 13.6 Å². The molecule has 0 aliphatic rings. The number of aromatic nitrogens is 2. The highest BCUT2D eigenvalue weighted by atomic mass is 32.1. The number of rotatable bonds is 5. The zero-order valence-corrected chi connectivity index (χ0v) is 10.1. The van der Waals surface area contributed by atoms with E-state index in [1.54, 1.807) is 4.68 Å². The van der Waals surface area contributed by atoms with Gasteiger partial charge in [0.15, 0.2) is 5.11 Å². The predicted octanol–water partition coefficient (Wildman–Crippen LogP) is 1.18. The first-order valence-corrected chi connectivity index (χ1v) is 5.62. The van der Waals surface area contributed by atoms with Crippen molar-refractivity contribution in [1.82, 2.24) is 20.4 Å². The van der Waals surface area contributed by atoms with Crippen molar-refractivity contribution in [3.63, 3.8) is 0 Å². The molecule has 1 heterocycles. The molecule has 4 nitrogen and oxygen atoms in total. The van der Waals surface area contributed by atoms with E-state index in [1.165, 1.54) is 6.42 Å². The molecule has 0 unspecified atom stereocenters. The minimum atomic E-state index is 0.715. The Kier molecular flexibility index (Phi) is 5.10. The Bertz CT molecular complexity index is 308. The van der Waals surface area contributed by atoms with Gasteiger partial charge in [0.05, 0.1) is 6.20 Å². The van der Waals surface area contributed by atoms with Gasteiger partial charge in [-0.15, -0.1) is 0 Å². The number of nitrogens with one attached hydrogen (secondary N) is 2. The van der Waals surface area contributed by atoms with Crippen molar-refractivity contribution in [3.8, 4) is 0 Å². The van der Waals surface area contributed by atoms with Crippen molar-refractivity contribution in [2.45, 2.75) is 26.3 Å². The Morgan fingerprint density at radius 3 is 2.93 bits per heavy atom. The Balaban J connectivity index is 2.16. The molecule has 0 fully saturated rings. The van der Waals surface area contributed by atoms with Crippen LogP contribution < -0.4 is 10.6 Å². The summed E-state index contributed by atoms with van der Waals surface area (Å²) in [5, 5.41) is 11.1. The van der Waals surface area contributed by atoms with E-state index in [9.17, 15) is 0 Å². The van der Waals surface area contributed by atoms with Gasteiger partial charge in [0.1, 0.15) is 0 Å². The molecule has 0 saturated carbocycles. The number of aryl methyl sites for hydroxylation is 1. The predicted molar refractivity (Wildman–Crippen MR) is 65.6 cm³/mol. The molecule has 84 valence electrons. The van der Waals surface area contributed by atoms with Crippen LogP contribution in [0.25, 0.3) is 0 Å². The van der Waals surface area contributed by atoms with Crippen LogP contribution in [0.5, 0.6) is 0 Å². The van der Waals surface area contributed by atoms with E-state index in [0.717, 1.165) is 25.1 Å². The molecule has 1 aromatic rings. The van der Waals surface area contributed by atoms with Gasteiger partial charge in [-0.1, -0.05) is 13.3 Å². The monoisotopic (exact) mass is 226 g/mol. The zero-order valence-electron chi connectivity index (χ0n) is 9.29. The van der Waals surface area contributed by atoms with Gasteiger partial charge in [-0.25, -0.2) is 0 Å². The Hall–Kier alpha value is -1.10. The molecule has 1 aromatic heterocycles. The lowest BCUT2D eigenvalue weighted by molar-refractivity contribution is 0.738. The molecule has 2 N–H and O–H groups in total. The average Bonchev–Trinajstić information content (AvgIpc) is 2.62. The van der Waals surface area contributed by atoms with E-state index in [-0.39, 0.29) is 0 Å². The molecule has 0 spiro atoms. The normalized spacial score (nSPS) is 10.0. The quantitative estimate of drug-likeness (QED) is 0.584. The molecule has 0 atom stereocenters. The smallest absolute Gasteiger partial charge is 0.166 e. The molecular formula is C10H18N4S. The van der Waals surface area contributed by atoms with Crippen LogP contribution in [0.15, 0.2) is 12.4 Å². The van der Waals surface area contributed by atoms with Crippen molar-refractivity contribution in [2.75, 3.05) is 6.54 Å². The maximum Gasteiger partial charge on any atom is 0.166 e. The van der Waals surface area contributed by atoms with Gasteiger partial charge in [-0.05, 0) is 18.6 Å². The van der Waals surface area contributed by atoms with Gasteiger partial charge in [-0.3, -0.25) is 4.68 Å². The maximum atomic E-state index is 5.12. The molecule has 0 saturated heterocycles. The molecule has 15 heavy (non-hydrogen) atoms. The van der Waals surface area contributed by atoms with E-state index < -0.39 is 0 Å². The third kappa shape index (κ3) is 4.78. The number of hydrogen-bond donors (Lipinski definition) is 2. The number of hydrogen-bond acceptors (Lipinski definition) is 2. The fraction of sp³-hybridized carbons (Fsp3) is 0.600. The minimum absolute atomic E-state index is 0.715. The van der Waals surface area contributed by atoms with Gasteiger partial charge >= 0.3 is 0 Å². The number of thiocarbonyl (C=S) groups is 1. The molecule has 0 radical (unpaired) electrons. The van der Waals surface area contributed by atoms with Crippen LogP contribution >= 0.6 is 12.2 Å². The summed E-state index contributed by atoms with van der Waals surface area (Å²) in [6.45, 7) is 3.83. The van der Waals surface area contributed by atoms with Crippen molar-refractivity contribution >= 4 is 17.3 Å². The van der Waals surface area contributed by atoms with E-state index in [0.29, 0.717) is 5.11 Å². The highest BCUT2D eigenvalue weighted by Gasteiger charge is 1.97. The molecule has 0 aromatic carbocycles. The Labute approximate surface area is 96.1 Å².